The lowest BCUT2D eigenvalue weighted by atomic mass is 9.90. The summed E-state index contributed by atoms with van der Waals surface area (Å²) in [6.45, 7) is 4.20. The van der Waals surface area contributed by atoms with Gasteiger partial charge in [0, 0.05) is 31.9 Å². The Bertz CT molecular complexity index is 1180. The SMILES string of the molecule is COc1cc(CN2CC[C@H](O)[C@@](O)(COc3ccc(Cl)c(F)c3)C2)ccc1OCCn1cc(C)cn1. The van der Waals surface area contributed by atoms with Gasteiger partial charge in [-0.2, -0.15) is 5.10 Å². The maximum atomic E-state index is 13.7. The van der Waals surface area contributed by atoms with Gasteiger partial charge in [0.1, 0.15) is 30.4 Å². The minimum Gasteiger partial charge on any atom is -0.493 e. The fraction of sp³-hybridized carbons (Fsp3) is 0.423. The van der Waals surface area contributed by atoms with Gasteiger partial charge in [0.25, 0.3) is 0 Å². The zero-order valence-corrected chi connectivity index (χ0v) is 21.1. The van der Waals surface area contributed by atoms with Crippen LogP contribution in [0.1, 0.15) is 17.5 Å². The molecule has 0 unspecified atom stereocenters. The molecule has 10 heteroatoms. The van der Waals surface area contributed by atoms with Crippen LogP contribution in [0.3, 0.4) is 0 Å². The predicted octanol–water partition coefficient (Wildman–Crippen LogP) is 3.45. The van der Waals surface area contributed by atoms with Crippen molar-refractivity contribution in [2.24, 2.45) is 0 Å². The minimum absolute atomic E-state index is 0.00947. The second-order valence-electron chi connectivity index (χ2n) is 9.10. The molecule has 3 aromatic rings. The van der Waals surface area contributed by atoms with Crippen LogP contribution in [0.5, 0.6) is 17.2 Å². The average Bonchev–Trinajstić information content (AvgIpc) is 3.28. The summed E-state index contributed by atoms with van der Waals surface area (Å²) in [7, 11) is 1.59. The van der Waals surface area contributed by atoms with Crippen LogP contribution >= 0.6 is 11.6 Å². The van der Waals surface area contributed by atoms with Gasteiger partial charge in [0.05, 0.1) is 31.0 Å². The van der Waals surface area contributed by atoms with Gasteiger partial charge in [-0.05, 0) is 48.7 Å². The van der Waals surface area contributed by atoms with Gasteiger partial charge in [0.15, 0.2) is 11.5 Å². The van der Waals surface area contributed by atoms with Gasteiger partial charge >= 0.3 is 0 Å². The molecule has 2 aromatic carbocycles. The number of ether oxygens (including phenoxy) is 3. The molecule has 0 saturated carbocycles. The van der Waals surface area contributed by atoms with E-state index in [1.54, 1.807) is 13.3 Å². The Kier molecular flexibility index (Phi) is 8.35. The summed E-state index contributed by atoms with van der Waals surface area (Å²) in [6, 6.07) is 9.79. The highest BCUT2D eigenvalue weighted by molar-refractivity contribution is 6.30. The highest BCUT2D eigenvalue weighted by atomic mass is 35.5. The van der Waals surface area contributed by atoms with Crippen molar-refractivity contribution in [2.75, 3.05) is 33.4 Å². The quantitative estimate of drug-likeness (QED) is 0.424. The number of aryl methyl sites for hydroxylation is 1. The molecule has 36 heavy (non-hydrogen) atoms. The van der Waals surface area contributed by atoms with Gasteiger partial charge in [-0.1, -0.05) is 17.7 Å². The van der Waals surface area contributed by atoms with Crippen molar-refractivity contribution in [3.63, 3.8) is 0 Å². The number of halogens is 2. The van der Waals surface area contributed by atoms with Gasteiger partial charge in [-0.3, -0.25) is 9.58 Å². The minimum atomic E-state index is -1.51. The highest BCUT2D eigenvalue weighted by Gasteiger charge is 2.42. The van der Waals surface area contributed by atoms with E-state index in [1.807, 2.05) is 40.9 Å². The Morgan fingerprint density at radius 2 is 2.03 bits per heavy atom. The fourth-order valence-electron chi connectivity index (χ4n) is 4.22. The van der Waals surface area contributed by atoms with E-state index in [2.05, 4.69) is 5.10 Å². The molecule has 2 N–H and O–H groups in total. The number of β-amino-alcohol motifs (C(OH)–C–C–N with tert-alkyl or cyclic N) is 1. The maximum Gasteiger partial charge on any atom is 0.161 e. The van der Waals surface area contributed by atoms with Crippen LogP contribution in [0.4, 0.5) is 4.39 Å². The largest absolute Gasteiger partial charge is 0.493 e. The first-order valence-corrected chi connectivity index (χ1v) is 12.1. The summed E-state index contributed by atoms with van der Waals surface area (Å²) in [4.78, 5) is 2.04. The van der Waals surface area contributed by atoms with Gasteiger partial charge in [-0.15, -0.1) is 0 Å². The first-order chi connectivity index (χ1) is 17.3. The van der Waals surface area contributed by atoms with E-state index in [9.17, 15) is 14.6 Å². The van der Waals surface area contributed by atoms with Crippen molar-refractivity contribution < 1.29 is 28.8 Å². The molecule has 0 amide bonds. The summed E-state index contributed by atoms with van der Waals surface area (Å²) < 4.78 is 32.6. The van der Waals surface area contributed by atoms with Crippen LogP contribution < -0.4 is 14.2 Å². The number of nitrogens with zero attached hydrogens (tertiary/aromatic N) is 3. The highest BCUT2D eigenvalue weighted by Crippen LogP contribution is 2.30. The van der Waals surface area contributed by atoms with Crippen LogP contribution in [0.15, 0.2) is 48.8 Å². The number of benzene rings is 2. The van der Waals surface area contributed by atoms with E-state index >= 15 is 0 Å². The lowest BCUT2D eigenvalue weighted by Gasteiger charge is -2.42. The molecule has 0 radical (unpaired) electrons. The van der Waals surface area contributed by atoms with Crippen molar-refractivity contribution in [2.45, 2.75) is 38.1 Å². The van der Waals surface area contributed by atoms with Gasteiger partial charge in [-0.25, -0.2) is 4.39 Å². The van der Waals surface area contributed by atoms with Crippen molar-refractivity contribution in [3.8, 4) is 17.2 Å². The first kappa shape index (κ1) is 26.2. The molecule has 0 bridgehead atoms. The molecular weight excluding hydrogens is 489 g/mol. The smallest absolute Gasteiger partial charge is 0.161 e. The number of aliphatic hydroxyl groups excluding tert-OH is 1. The van der Waals surface area contributed by atoms with Crippen molar-refractivity contribution in [1.82, 2.24) is 14.7 Å². The van der Waals surface area contributed by atoms with Crippen LogP contribution in [-0.4, -0.2) is 70.0 Å². The summed E-state index contributed by atoms with van der Waals surface area (Å²) in [5, 5.41) is 25.8. The third kappa shape index (κ3) is 6.47. The molecule has 4 rings (SSSR count). The third-order valence-electron chi connectivity index (χ3n) is 6.19. The van der Waals surface area contributed by atoms with Crippen LogP contribution in [0.2, 0.25) is 5.02 Å². The van der Waals surface area contributed by atoms with Crippen LogP contribution in [0, 0.1) is 12.7 Å². The second kappa shape index (κ2) is 11.5. The number of likely N-dealkylation sites (tertiary alicyclic amines) is 1. The molecule has 194 valence electrons. The lowest BCUT2D eigenvalue weighted by Crippen LogP contribution is -2.59. The van der Waals surface area contributed by atoms with Crippen molar-refractivity contribution in [1.29, 1.82) is 0 Å². The number of aliphatic hydroxyl groups is 2. The van der Waals surface area contributed by atoms with E-state index in [1.165, 1.54) is 12.1 Å². The fourth-order valence-corrected chi connectivity index (χ4v) is 4.34. The molecule has 0 spiro atoms. The molecule has 1 saturated heterocycles. The number of aromatic nitrogens is 2. The molecule has 2 heterocycles. The monoisotopic (exact) mass is 519 g/mol. The summed E-state index contributed by atoms with van der Waals surface area (Å²) in [6.07, 6.45) is 3.17. The average molecular weight is 520 g/mol. The van der Waals surface area contributed by atoms with E-state index in [-0.39, 0.29) is 23.9 Å². The molecule has 1 fully saturated rings. The number of rotatable bonds is 10. The summed E-state index contributed by atoms with van der Waals surface area (Å²) in [5.74, 6) is 0.881. The topological polar surface area (TPSA) is 89.2 Å². The molecule has 8 nitrogen and oxygen atoms in total. The Morgan fingerprint density at radius 3 is 2.75 bits per heavy atom. The molecule has 2 atom stereocenters. The van der Waals surface area contributed by atoms with Crippen LogP contribution in [-0.2, 0) is 13.1 Å². The number of hydrogen-bond acceptors (Lipinski definition) is 7. The number of hydrogen-bond donors (Lipinski definition) is 2. The molecule has 1 aliphatic rings. The first-order valence-electron chi connectivity index (χ1n) is 11.8. The number of piperidine rings is 1. The van der Waals surface area contributed by atoms with E-state index in [0.717, 1.165) is 17.2 Å². The molecule has 1 aromatic heterocycles. The zero-order valence-electron chi connectivity index (χ0n) is 20.4. The maximum absolute atomic E-state index is 13.7. The lowest BCUT2D eigenvalue weighted by molar-refractivity contribution is -0.140. The van der Waals surface area contributed by atoms with Gasteiger partial charge in [0.2, 0.25) is 0 Å². The third-order valence-corrected chi connectivity index (χ3v) is 6.50. The normalized spacial score (nSPS) is 20.3. The summed E-state index contributed by atoms with van der Waals surface area (Å²) >= 11 is 5.71. The zero-order chi connectivity index (χ0) is 25.7. The van der Waals surface area contributed by atoms with Gasteiger partial charge < -0.3 is 24.4 Å². The summed E-state index contributed by atoms with van der Waals surface area (Å²) in [5.41, 5.74) is 0.563. The molecule has 1 aliphatic heterocycles. The van der Waals surface area contributed by atoms with E-state index < -0.39 is 17.5 Å². The van der Waals surface area contributed by atoms with Crippen molar-refractivity contribution in [3.05, 3.63) is 70.8 Å². The second-order valence-corrected chi connectivity index (χ2v) is 9.50. The van der Waals surface area contributed by atoms with E-state index in [4.69, 9.17) is 25.8 Å². The van der Waals surface area contributed by atoms with Crippen LogP contribution in [0.25, 0.3) is 0 Å². The Labute approximate surface area is 214 Å². The Balaban J connectivity index is 1.35. The number of methoxy groups -OCH3 is 1. The van der Waals surface area contributed by atoms with E-state index in [0.29, 0.717) is 44.2 Å². The van der Waals surface area contributed by atoms with Crippen molar-refractivity contribution >= 4 is 11.6 Å². The standard InChI is InChI=1S/C26H31ClFN3O5/c1-18-13-29-31(14-18)9-10-35-23-6-3-19(11-24(23)34-2)15-30-8-7-25(32)26(33,16-30)17-36-20-4-5-21(27)22(28)12-20/h3-6,11-14,25,32-33H,7-10,15-17H2,1-2H3/t25-,26-/m0/s1. The Hall–Kier alpha value is -2.85. The molecule has 0 aliphatic carbocycles. The Morgan fingerprint density at radius 1 is 1.19 bits per heavy atom. The molecular formula is C26H31ClFN3O5. The predicted molar refractivity (Wildman–Crippen MR) is 133 cm³/mol.